The van der Waals surface area contributed by atoms with Crippen LogP contribution in [0.4, 0.5) is 8.78 Å². The van der Waals surface area contributed by atoms with Crippen LogP contribution in [0.15, 0.2) is 30.3 Å². The number of Topliss-reactive ketones (excluding diaryl/α,β-unsaturated/α-hetero) is 1. The zero-order valence-corrected chi connectivity index (χ0v) is 12.2. The van der Waals surface area contributed by atoms with Gasteiger partial charge in [0.2, 0.25) is 0 Å². The van der Waals surface area contributed by atoms with Crippen LogP contribution >= 0.6 is 0 Å². The minimum atomic E-state index is -0.964. The number of halogens is 2. The predicted molar refractivity (Wildman–Crippen MR) is 76.9 cm³/mol. The normalized spacial score (nSPS) is 10.5. The Morgan fingerprint density at radius 2 is 1.86 bits per heavy atom. The lowest BCUT2D eigenvalue weighted by molar-refractivity contribution is 0.0991. The van der Waals surface area contributed by atoms with E-state index in [2.05, 4.69) is 0 Å². The molecule has 0 heterocycles. The average molecular weight is 290 g/mol. The van der Waals surface area contributed by atoms with Gasteiger partial charge in [-0.2, -0.15) is 0 Å². The predicted octanol–water partition coefficient (Wildman–Crippen LogP) is 4.02. The molecular weight excluding hydrogens is 274 g/mol. The first-order chi connectivity index (χ1) is 9.93. The number of hydrogen-bond acceptors (Lipinski definition) is 2. The van der Waals surface area contributed by atoms with Crippen molar-refractivity contribution >= 4 is 5.78 Å². The zero-order chi connectivity index (χ0) is 15.6. The SMILES string of the molecule is COc1cc(C)c(C(=O)Cc2cccc(F)c2F)cc1C. The number of aryl methyl sites for hydroxylation is 2. The van der Waals surface area contributed by atoms with Gasteiger partial charge in [-0.3, -0.25) is 4.79 Å². The molecule has 0 amide bonds. The number of methoxy groups -OCH3 is 1. The molecule has 0 aliphatic carbocycles. The number of rotatable bonds is 4. The Morgan fingerprint density at radius 3 is 2.52 bits per heavy atom. The first kappa shape index (κ1) is 15.2. The monoisotopic (exact) mass is 290 g/mol. The topological polar surface area (TPSA) is 26.3 Å². The van der Waals surface area contributed by atoms with E-state index >= 15 is 0 Å². The van der Waals surface area contributed by atoms with Gasteiger partial charge in [-0.1, -0.05) is 12.1 Å². The molecular formula is C17H16F2O2. The summed E-state index contributed by atoms with van der Waals surface area (Å²) in [5, 5.41) is 0. The van der Waals surface area contributed by atoms with Crippen LogP contribution in [0.1, 0.15) is 27.0 Å². The molecule has 2 nitrogen and oxygen atoms in total. The third kappa shape index (κ3) is 3.10. The number of ether oxygens (including phenoxy) is 1. The summed E-state index contributed by atoms with van der Waals surface area (Å²) >= 11 is 0. The van der Waals surface area contributed by atoms with Crippen LogP contribution in [-0.2, 0) is 6.42 Å². The van der Waals surface area contributed by atoms with Gasteiger partial charge >= 0.3 is 0 Å². The summed E-state index contributed by atoms with van der Waals surface area (Å²) < 4.78 is 32.0. The van der Waals surface area contributed by atoms with Crippen molar-refractivity contribution in [2.75, 3.05) is 7.11 Å². The number of benzene rings is 2. The van der Waals surface area contributed by atoms with Crippen molar-refractivity contribution in [3.05, 3.63) is 64.2 Å². The molecule has 2 aromatic carbocycles. The molecule has 0 aliphatic heterocycles. The van der Waals surface area contributed by atoms with Crippen LogP contribution in [-0.4, -0.2) is 12.9 Å². The molecule has 0 atom stereocenters. The van der Waals surface area contributed by atoms with Crippen molar-refractivity contribution in [3.63, 3.8) is 0 Å². The van der Waals surface area contributed by atoms with Crippen LogP contribution < -0.4 is 4.74 Å². The highest BCUT2D eigenvalue weighted by Gasteiger charge is 2.16. The van der Waals surface area contributed by atoms with Gasteiger partial charge in [-0.15, -0.1) is 0 Å². The lowest BCUT2D eigenvalue weighted by atomic mass is 9.96. The smallest absolute Gasteiger partial charge is 0.167 e. The Labute approximate surface area is 122 Å². The number of carbonyl (C=O) groups is 1. The maximum Gasteiger partial charge on any atom is 0.167 e. The summed E-state index contributed by atoms with van der Waals surface area (Å²) in [5.41, 5.74) is 2.13. The summed E-state index contributed by atoms with van der Waals surface area (Å²) in [6.07, 6.45) is -0.170. The summed E-state index contributed by atoms with van der Waals surface area (Å²) in [6, 6.07) is 7.33. The lowest BCUT2D eigenvalue weighted by Gasteiger charge is -2.11. The Morgan fingerprint density at radius 1 is 1.14 bits per heavy atom. The van der Waals surface area contributed by atoms with Crippen molar-refractivity contribution in [2.24, 2.45) is 0 Å². The Kier molecular flexibility index (Phi) is 4.36. The third-order valence-electron chi connectivity index (χ3n) is 3.42. The molecule has 21 heavy (non-hydrogen) atoms. The standard InChI is InChI=1S/C17H16F2O2/c1-10-8-16(21-3)11(2)7-13(10)15(20)9-12-5-4-6-14(18)17(12)19/h4-8H,9H2,1-3H3. The van der Waals surface area contributed by atoms with Crippen LogP contribution in [0.5, 0.6) is 5.75 Å². The van der Waals surface area contributed by atoms with Crippen molar-refractivity contribution in [2.45, 2.75) is 20.3 Å². The number of ketones is 1. The average Bonchev–Trinajstić information content (AvgIpc) is 2.45. The second-order valence-electron chi connectivity index (χ2n) is 4.95. The van der Waals surface area contributed by atoms with E-state index in [0.29, 0.717) is 11.3 Å². The van der Waals surface area contributed by atoms with Crippen LogP contribution in [0, 0.1) is 25.5 Å². The van der Waals surface area contributed by atoms with Crippen LogP contribution in [0.25, 0.3) is 0 Å². The Hall–Kier alpha value is -2.23. The lowest BCUT2D eigenvalue weighted by Crippen LogP contribution is -2.08. The molecule has 0 unspecified atom stereocenters. The Balaban J connectivity index is 2.33. The van der Waals surface area contributed by atoms with Crippen LogP contribution in [0.3, 0.4) is 0 Å². The molecule has 0 aliphatic rings. The first-order valence-corrected chi connectivity index (χ1v) is 6.55. The molecule has 0 spiro atoms. The van der Waals surface area contributed by atoms with E-state index in [-0.39, 0.29) is 17.8 Å². The third-order valence-corrected chi connectivity index (χ3v) is 3.42. The van der Waals surface area contributed by atoms with E-state index in [4.69, 9.17) is 4.74 Å². The molecule has 0 radical (unpaired) electrons. The highest BCUT2D eigenvalue weighted by Crippen LogP contribution is 2.24. The van der Waals surface area contributed by atoms with Gasteiger partial charge in [-0.25, -0.2) is 8.78 Å². The summed E-state index contributed by atoms with van der Waals surface area (Å²) in [6.45, 7) is 3.62. The van der Waals surface area contributed by atoms with E-state index < -0.39 is 11.6 Å². The fourth-order valence-electron chi connectivity index (χ4n) is 2.26. The van der Waals surface area contributed by atoms with E-state index in [1.165, 1.54) is 12.1 Å². The van der Waals surface area contributed by atoms with Gasteiger partial charge in [0.05, 0.1) is 7.11 Å². The number of hydrogen-bond donors (Lipinski definition) is 0. The minimum absolute atomic E-state index is 0.0628. The second-order valence-corrected chi connectivity index (χ2v) is 4.95. The van der Waals surface area contributed by atoms with E-state index in [1.807, 2.05) is 6.92 Å². The molecule has 110 valence electrons. The maximum atomic E-state index is 13.6. The van der Waals surface area contributed by atoms with E-state index in [9.17, 15) is 13.6 Å². The maximum absolute atomic E-state index is 13.6. The van der Waals surface area contributed by atoms with Crippen LogP contribution in [0.2, 0.25) is 0 Å². The fraction of sp³-hybridized carbons (Fsp3) is 0.235. The van der Waals surface area contributed by atoms with E-state index in [1.54, 1.807) is 26.2 Å². The van der Waals surface area contributed by atoms with Gasteiger partial charge in [0, 0.05) is 12.0 Å². The van der Waals surface area contributed by atoms with Gasteiger partial charge in [0.1, 0.15) is 5.75 Å². The van der Waals surface area contributed by atoms with Gasteiger partial charge in [0.25, 0.3) is 0 Å². The van der Waals surface area contributed by atoms with Gasteiger partial charge < -0.3 is 4.74 Å². The molecule has 0 saturated carbocycles. The molecule has 2 aromatic rings. The molecule has 0 saturated heterocycles. The largest absolute Gasteiger partial charge is 0.496 e. The highest BCUT2D eigenvalue weighted by atomic mass is 19.2. The molecule has 0 bridgehead atoms. The molecule has 4 heteroatoms. The molecule has 0 N–H and O–H groups in total. The van der Waals surface area contributed by atoms with E-state index in [0.717, 1.165) is 17.2 Å². The summed E-state index contributed by atoms with van der Waals surface area (Å²) in [5.74, 6) is -1.46. The summed E-state index contributed by atoms with van der Waals surface area (Å²) in [4.78, 5) is 12.3. The highest BCUT2D eigenvalue weighted by molar-refractivity contribution is 5.99. The fourth-order valence-corrected chi connectivity index (χ4v) is 2.26. The van der Waals surface area contributed by atoms with Crippen molar-refractivity contribution in [1.82, 2.24) is 0 Å². The first-order valence-electron chi connectivity index (χ1n) is 6.55. The van der Waals surface area contributed by atoms with Crippen molar-refractivity contribution in [1.29, 1.82) is 0 Å². The molecule has 2 rings (SSSR count). The van der Waals surface area contributed by atoms with Gasteiger partial charge in [0.15, 0.2) is 17.4 Å². The van der Waals surface area contributed by atoms with Crippen molar-refractivity contribution < 1.29 is 18.3 Å². The molecule has 0 aromatic heterocycles. The van der Waals surface area contributed by atoms with Crippen molar-refractivity contribution in [3.8, 4) is 5.75 Å². The Bertz CT molecular complexity index is 693. The minimum Gasteiger partial charge on any atom is -0.496 e. The van der Waals surface area contributed by atoms with Gasteiger partial charge in [-0.05, 0) is 48.7 Å². The quantitative estimate of drug-likeness (QED) is 0.795. The molecule has 0 fully saturated rings. The number of carbonyl (C=O) groups excluding carboxylic acids is 1. The second kappa shape index (κ2) is 6.04. The zero-order valence-electron chi connectivity index (χ0n) is 12.2. The summed E-state index contributed by atoms with van der Waals surface area (Å²) in [7, 11) is 1.56.